The van der Waals surface area contributed by atoms with E-state index in [-0.39, 0.29) is 18.3 Å². The minimum atomic E-state index is 0. The van der Waals surface area contributed by atoms with Gasteiger partial charge in [0.15, 0.2) is 0 Å². The fraction of sp³-hybridized carbons (Fsp3) is 0.923. The van der Waals surface area contributed by atoms with Gasteiger partial charge < -0.3 is 10.6 Å². The van der Waals surface area contributed by atoms with Gasteiger partial charge in [0.2, 0.25) is 5.91 Å². The van der Waals surface area contributed by atoms with Crippen molar-refractivity contribution in [1.29, 1.82) is 0 Å². The van der Waals surface area contributed by atoms with Gasteiger partial charge in [-0.3, -0.25) is 4.79 Å². The van der Waals surface area contributed by atoms with E-state index in [0.717, 1.165) is 44.4 Å². The number of thioether (sulfide) groups is 1. The van der Waals surface area contributed by atoms with Crippen molar-refractivity contribution in [2.75, 3.05) is 25.6 Å². The van der Waals surface area contributed by atoms with Gasteiger partial charge in [0.1, 0.15) is 0 Å². The van der Waals surface area contributed by atoms with Crippen molar-refractivity contribution in [2.45, 2.75) is 51.5 Å². The molecule has 1 amide bonds. The molecule has 0 aliphatic heterocycles. The third kappa shape index (κ3) is 10.0. The van der Waals surface area contributed by atoms with E-state index in [1.807, 2.05) is 23.7 Å². The Balaban J connectivity index is 0. The fourth-order valence-corrected chi connectivity index (χ4v) is 2.26. The molecule has 0 aliphatic carbocycles. The lowest BCUT2D eigenvalue weighted by molar-refractivity contribution is -0.131. The van der Waals surface area contributed by atoms with Crippen LogP contribution in [-0.2, 0) is 4.79 Å². The van der Waals surface area contributed by atoms with Crippen LogP contribution in [-0.4, -0.2) is 42.4 Å². The Morgan fingerprint density at radius 1 is 1.28 bits per heavy atom. The van der Waals surface area contributed by atoms with Crippen LogP contribution in [0.5, 0.6) is 0 Å². The molecule has 0 saturated heterocycles. The molecule has 0 aromatic rings. The topological polar surface area (TPSA) is 46.3 Å². The minimum absolute atomic E-state index is 0. The van der Waals surface area contributed by atoms with Crippen LogP contribution in [0.3, 0.4) is 0 Å². The Hall–Kier alpha value is 0.0700. The molecule has 0 heterocycles. The zero-order valence-electron chi connectivity index (χ0n) is 12.0. The first kappa shape index (κ1) is 20.4. The highest BCUT2D eigenvalue weighted by molar-refractivity contribution is 7.98. The maximum Gasteiger partial charge on any atom is 0.222 e. The van der Waals surface area contributed by atoms with E-state index < -0.39 is 0 Å². The molecule has 0 saturated carbocycles. The Morgan fingerprint density at radius 3 is 2.44 bits per heavy atom. The molecule has 5 heteroatoms. The van der Waals surface area contributed by atoms with E-state index >= 15 is 0 Å². The molecule has 0 aliphatic rings. The number of carbonyl (C=O) groups excluding carboxylic acids is 1. The molecule has 0 rings (SSSR count). The van der Waals surface area contributed by atoms with Crippen molar-refractivity contribution < 1.29 is 4.79 Å². The minimum Gasteiger partial charge on any atom is -0.343 e. The van der Waals surface area contributed by atoms with Crippen LogP contribution in [0, 0.1) is 0 Å². The molecule has 0 aromatic carbocycles. The summed E-state index contributed by atoms with van der Waals surface area (Å²) in [5, 5.41) is 0. The van der Waals surface area contributed by atoms with E-state index in [1.54, 1.807) is 0 Å². The van der Waals surface area contributed by atoms with E-state index in [9.17, 15) is 4.79 Å². The number of nitrogens with zero attached hydrogens (tertiary/aromatic N) is 1. The predicted molar refractivity (Wildman–Crippen MR) is 84.6 cm³/mol. The lowest BCUT2D eigenvalue weighted by atomic mass is 10.1. The van der Waals surface area contributed by atoms with Crippen LogP contribution in [0.4, 0.5) is 0 Å². The van der Waals surface area contributed by atoms with Crippen LogP contribution in [0.15, 0.2) is 0 Å². The molecule has 0 spiro atoms. The van der Waals surface area contributed by atoms with Crippen LogP contribution in [0.2, 0.25) is 0 Å². The van der Waals surface area contributed by atoms with Crippen molar-refractivity contribution in [3.05, 3.63) is 0 Å². The van der Waals surface area contributed by atoms with Crippen molar-refractivity contribution >= 4 is 30.1 Å². The van der Waals surface area contributed by atoms with E-state index in [0.29, 0.717) is 12.5 Å². The molecule has 1 atom stereocenters. The van der Waals surface area contributed by atoms with Crippen molar-refractivity contribution in [2.24, 2.45) is 5.73 Å². The number of amides is 1. The number of hydrogen-bond donors (Lipinski definition) is 1. The first-order chi connectivity index (χ1) is 8.13. The number of rotatable bonds is 10. The molecule has 3 nitrogen and oxygen atoms in total. The number of hydrogen-bond acceptors (Lipinski definition) is 3. The zero-order valence-corrected chi connectivity index (χ0v) is 13.6. The summed E-state index contributed by atoms with van der Waals surface area (Å²) in [6.45, 7) is 2.89. The summed E-state index contributed by atoms with van der Waals surface area (Å²) in [5.74, 6) is 1.40. The van der Waals surface area contributed by atoms with Gasteiger partial charge in [0, 0.05) is 19.5 Å². The average molecular weight is 297 g/mol. The lowest BCUT2D eigenvalue weighted by Gasteiger charge is -2.24. The van der Waals surface area contributed by atoms with Gasteiger partial charge >= 0.3 is 0 Å². The molecule has 18 heavy (non-hydrogen) atoms. The number of nitrogens with two attached hydrogens (primary N) is 1. The SMILES string of the molecule is CSCCC(C)N(C)C(=O)CCCCCCN.Cl. The Labute approximate surface area is 123 Å². The molecule has 0 bridgehead atoms. The molecule has 1 unspecified atom stereocenters. The summed E-state index contributed by atoms with van der Waals surface area (Å²) in [6.07, 6.45) is 8.21. The van der Waals surface area contributed by atoms with Gasteiger partial charge in [-0.1, -0.05) is 12.8 Å². The second kappa shape index (κ2) is 13.5. The second-order valence-electron chi connectivity index (χ2n) is 4.59. The first-order valence-electron chi connectivity index (χ1n) is 6.58. The molecular weight excluding hydrogens is 268 g/mol. The highest BCUT2D eigenvalue weighted by atomic mass is 35.5. The maximum absolute atomic E-state index is 11.9. The lowest BCUT2D eigenvalue weighted by Crippen LogP contribution is -2.35. The molecule has 110 valence electrons. The van der Waals surface area contributed by atoms with Gasteiger partial charge in [-0.2, -0.15) is 11.8 Å². The monoisotopic (exact) mass is 296 g/mol. The fourth-order valence-electron chi connectivity index (χ4n) is 1.68. The maximum atomic E-state index is 11.9. The Morgan fingerprint density at radius 2 is 1.89 bits per heavy atom. The van der Waals surface area contributed by atoms with Crippen LogP contribution in [0.1, 0.15) is 45.4 Å². The van der Waals surface area contributed by atoms with Gasteiger partial charge in [-0.25, -0.2) is 0 Å². The van der Waals surface area contributed by atoms with Crippen molar-refractivity contribution in [3.63, 3.8) is 0 Å². The smallest absolute Gasteiger partial charge is 0.222 e. The third-order valence-corrected chi connectivity index (χ3v) is 3.78. The number of halogens is 1. The van der Waals surface area contributed by atoms with Crippen LogP contribution in [0.25, 0.3) is 0 Å². The second-order valence-corrected chi connectivity index (χ2v) is 5.57. The summed E-state index contributed by atoms with van der Waals surface area (Å²) >= 11 is 1.84. The summed E-state index contributed by atoms with van der Waals surface area (Å²) in [6, 6.07) is 0.360. The van der Waals surface area contributed by atoms with Crippen molar-refractivity contribution in [1.82, 2.24) is 4.90 Å². The van der Waals surface area contributed by atoms with Crippen molar-refractivity contribution in [3.8, 4) is 0 Å². The van der Waals surface area contributed by atoms with Gasteiger partial charge in [0.25, 0.3) is 0 Å². The highest BCUT2D eigenvalue weighted by Crippen LogP contribution is 2.10. The van der Waals surface area contributed by atoms with Gasteiger partial charge in [-0.15, -0.1) is 12.4 Å². The molecule has 0 aromatic heterocycles. The van der Waals surface area contributed by atoms with Gasteiger partial charge in [-0.05, 0) is 44.7 Å². The third-order valence-electron chi connectivity index (χ3n) is 3.14. The normalized spacial score (nSPS) is 11.8. The summed E-state index contributed by atoms with van der Waals surface area (Å²) in [7, 11) is 1.92. The summed E-state index contributed by atoms with van der Waals surface area (Å²) in [5.41, 5.74) is 5.43. The number of unbranched alkanes of at least 4 members (excludes halogenated alkanes) is 3. The molecule has 2 N–H and O–H groups in total. The van der Waals surface area contributed by atoms with Crippen LogP contribution < -0.4 is 5.73 Å². The summed E-state index contributed by atoms with van der Waals surface area (Å²) in [4.78, 5) is 13.8. The Bertz CT molecular complexity index is 205. The number of carbonyl (C=O) groups is 1. The standard InChI is InChI=1S/C13H28N2OS.ClH/c1-12(9-11-17-3)15(2)13(16)8-6-4-5-7-10-14;/h12H,4-11,14H2,1-3H3;1H. The van der Waals surface area contributed by atoms with Crippen LogP contribution >= 0.6 is 24.2 Å². The predicted octanol–water partition coefficient (Wildman–Crippen LogP) is 2.92. The van der Waals surface area contributed by atoms with E-state index in [2.05, 4.69) is 13.2 Å². The highest BCUT2D eigenvalue weighted by Gasteiger charge is 2.14. The zero-order chi connectivity index (χ0) is 13.1. The molecule has 0 radical (unpaired) electrons. The van der Waals surface area contributed by atoms with Gasteiger partial charge in [0.05, 0.1) is 0 Å². The molecular formula is C13H29ClN2OS. The molecule has 0 fully saturated rings. The quantitative estimate of drug-likeness (QED) is 0.631. The Kier molecular flexibility index (Phi) is 15.3. The van der Waals surface area contributed by atoms with E-state index in [4.69, 9.17) is 5.73 Å². The largest absolute Gasteiger partial charge is 0.343 e. The summed E-state index contributed by atoms with van der Waals surface area (Å²) < 4.78 is 0. The first-order valence-corrected chi connectivity index (χ1v) is 7.97. The average Bonchev–Trinajstić information content (AvgIpc) is 2.34. The van der Waals surface area contributed by atoms with E-state index in [1.165, 1.54) is 0 Å².